The van der Waals surface area contributed by atoms with E-state index in [1.165, 1.54) is 6.92 Å². The minimum Gasteiger partial charge on any atom is -0.489 e. The van der Waals surface area contributed by atoms with Crippen molar-refractivity contribution in [3.8, 4) is 5.75 Å². The number of hydrogen-bond donors (Lipinski definition) is 3. The van der Waals surface area contributed by atoms with Gasteiger partial charge in [-0.2, -0.15) is 0 Å². The lowest BCUT2D eigenvalue weighted by Crippen LogP contribution is -2.34. The van der Waals surface area contributed by atoms with Crippen molar-refractivity contribution in [3.05, 3.63) is 18.2 Å². The van der Waals surface area contributed by atoms with E-state index in [9.17, 15) is 4.79 Å². The van der Waals surface area contributed by atoms with E-state index in [-0.39, 0.29) is 12.4 Å². The van der Waals surface area contributed by atoms with Gasteiger partial charge in [-0.05, 0) is 19.1 Å². The molecule has 0 aliphatic rings. The predicted octanol–water partition coefficient (Wildman–Crippen LogP) is 0.146. The van der Waals surface area contributed by atoms with Crippen molar-refractivity contribution < 1.29 is 9.53 Å². The van der Waals surface area contributed by atoms with Crippen LogP contribution >= 0.6 is 0 Å². The molecule has 1 unspecified atom stereocenters. The maximum atomic E-state index is 10.9. The van der Waals surface area contributed by atoms with Gasteiger partial charge in [-0.1, -0.05) is 0 Å². The van der Waals surface area contributed by atoms with Crippen molar-refractivity contribution >= 4 is 17.2 Å². The summed E-state index contributed by atoms with van der Waals surface area (Å²) < 4.78 is 5.29. The number of carbonyl (C=O) groups is 1. The second kappa shape index (κ2) is 4.65. The molecule has 1 aromatic carbocycles. The average molecular weight is 209 g/mol. The highest BCUT2D eigenvalue weighted by molar-refractivity contribution is 5.81. The fourth-order valence-electron chi connectivity index (χ4n) is 0.973. The van der Waals surface area contributed by atoms with Crippen LogP contribution in [0.4, 0.5) is 11.4 Å². The van der Waals surface area contributed by atoms with E-state index in [4.69, 9.17) is 21.9 Å². The highest BCUT2D eigenvalue weighted by atomic mass is 16.5. The van der Waals surface area contributed by atoms with Crippen LogP contribution in [-0.4, -0.2) is 18.4 Å². The molecule has 0 saturated carbocycles. The fraction of sp³-hybridized carbons (Fsp3) is 0.300. The lowest BCUT2D eigenvalue weighted by atomic mass is 10.2. The molecule has 0 spiro atoms. The Balaban J connectivity index is 2.65. The third-order valence-corrected chi connectivity index (χ3v) is 1.98. The first kappa shape index (κ1) is 11.3. The van der Waals surface area contributed by atoms with Crippen LogP contribution in [0, 0.1) is 0 Å². The van der Waals surface area contributed by atoms with E-state index in [0.717, 1.165) is 0 Å². The summed E-state index contributed by atoms with van der Waals surface area (Å²) in [6.07, 6.45) is 0. The second-order valence-electron chi connectivity index (χ2n) is 3.33. The van der Waals surface area contributed by atoms with Gasteiger partial charge in [0.05, 0.1) is 11.7 Å². The topological polar surface area (TPSA) is 104 Å². The van der Waals surface area contributed by atoms with Crippen LogP contribution in [0.25, 0.3) is 0 Å². The molecule has 0 aromatic heterocycles. The van der Waals surface area contributed by atoms with Crippen molar-refractivity contribution in [2.45, 2.75) is 13.0 Å². The van der Waals surface area contributed by atoms with Gasteiger partial charge in [-0.25, -0.2) is 0 Å². The summed E-state index contributed by atoms with van der Waals surface area (Å²) in [7, 11) is 0. The standard InChI is InChI=1S/C10H15N3O2/c1-6(14)9(13)5-15-10-4-7(11)2-3-8(10)12/h2-4,9H,5,11-13H2,1H3. The van der Waals surface area contributed by atoms with E-state index < -0.39 is 6.04 Å². The molecule has 6 N–H and O–H groups in total. The number of benzene rings is 1. The van der Waals surface area contributed by atoms with Gasteiger partial charge in [0, 0.05) is 11.8 Å². The Bertz CT molecular complexity index is 366. The van der Waals surface area contributed by atoms with Crippen LogP contribution in [0.1, 0.15) is 6.92 Å². The maximum Gasteiger partial charge on any atom is 0.149 e. The molecule has 0 radical (unpaired) electrons. The number of Topliss-reactive ketones (excluding diaryl/α,β-unsaturated/α-hetero) is 1. The number of anilines is 2. The second-order valence-corrected chi connectivity index (χ2v) is 3.33. The van der Waals surface area contributed by atoms with Gasteiger partial charge in [0.2, 0.25) is 0 Å². The molecule has 15 heavy (non-hydrogen) atoms. The van der Waals surface area contributed by atoms with Gasteiger partial charge < -0.3 is 21.9 Å². The molecule has 0 aliphatic heterocycles. The monoisotopic (exact) mass is 209 g/mol. The molecule has 0 saturated heterocycles. The van der Waals surface area contributed by atoms with E-state index in [2.05, 4.69) is 0 Å². The Morgan fingerprint density at radius 3 is 2.73 bits per heavy atom. The highest BCUT2D eigenvalue weighted by Gasteiger charge is 2.09. The first-order chi connectivity index (χ1) is 7.00. The first-order valence-electron chi connectivity index (χ1n) is 4.54. The van der Waals surface area contributed by atoms with Crippen molar-refractivity contribution in [3.63, 3.8) is 0 Å². The number of carbonyl (C=O) groups excluding carboxylic acids is 1. The van der Waals surface area contributed by atoms with E-state index in [1.807, 2.05) is 0 Å². The van der Waals surface area contributed by atoms with Crippen molar-refractivity contribution in [2.75, 3.05) is 18.1 Å². The Hall–Kier alpha value is -1.75. The Morgan fingerprint density at radius 1 is 1.47 bits per heavy atom. The van der Waals surface area contributed by atoms with Crippen molar-refractivity contribution in [2.24, 2.45) is 5.73 Å². The van der Waals surface area contributed by atoms with Crippen LogP contribution in [0.3, 0.4) is 0 Å². The van der Waals surface area contributed by atoms with Crippen LogP contribution in [-0.2, 0) is 4.79 Å². The van der Waals surface area contributed by atoms with Crippen LogP contribution in [0.5, 0.6) is 5.75 Å². The Morgan fingerprint density at radius 2 is 2.13 bits per heavy atom. The zero-order valence-corrected chi connectivity index (χ0v) is 8.57. The summed E-state index contributed by atoms with van der Waals surface area (Å²) in [5.74, 6) is 0.323. The van der Waals surface area contributed by atoms with E-state index in [0.29, 0.717) is 17.1 Å². The molecule has 0 amide bonds. The smallest absolute Gasteiger partial charge is 0.149 e. The van der Waals surface area contributed by atoms with Gasteiger partial charge in [0.25, 0.3) is 0 Å². The summed E-state index contributed by atoms with van der Waals surface area (Å²) in [6, 6.07) is 4.28. The lowest BCUT2D eigenvalue weighted by Gasteiger charge is -2.12. The molecule has 0 bridgehead atoms. The third kappa shape index (κ3) is 3.14. The molecule has 5 heteroatoms. The van der Waals surface area contributed by atoms with Crippen LogP contribution < -0.4 is 21.9 Å². The number of nitrogens with two attached hydrogens (primary N) is 3. The number of nitrogen functional groups attached to an aromatic ring is 2. The first-order valence-corrected chi connectivity index (χ1v) is 4.54. The number of ether oxygens (including phenoxy) is 1. The predicted molar refractivity (Wildman–Crippen MR) is 59.4 cm³/mol. The number of hydrogen-bond acceptors (Lipinski definition) is 5. The normalized spacial score (nSPS) is 12.1. The minimum atomic E-state index is -0.633. The van der Waals surface area contributed by atoms with Crippen LogP contribution in [0.15, 0.2) is 18.2 Å². The molecule has 0 aliphatic carbocycles. The quantitative estimate of drug-likeness (QED) is 0.612. The fourth-order valence-corrected chi connectivity index (χ4v) is 0.973. The SMILES string of the molecule is CC(=O)C(N)COc1cc(N)ccc1N. The van der Waals surface area contributed by atoms with Gasteiger partial charge >= 0.3 is 0 Å². The zero-order valence-electron chi connectivity index (χ0n) is 8.57. The summed E-state index contributed by atoms with van der Waals surface area (Å²) in [6.45, 7) is 1.51. The minimum absolute atomic E-state index is 0.100. The molecular weight excluding hydrogens is 194 g/mol. The molecule has 82 valence electrons. The summed E-state index contributed by atoms with van der Waals surface area (Å²) in [5, 5.41) is 0. The number of rotatable bonds is 4. The molecule has 0 heterocycles. The molecule has 1 rings (SSSR count). The Labute approximate surface area is 88.2 Å². The summed E-state index contributed by atoms with van der Waals surface area (Å²) in [4.78, 5) is 10.9. The van der Waals surface area contributed by atoms with Gasteiger partial charge in [-0.15, -0.1) is 0 Å². The zero-order chi connectivity index (χ0) is 11.4. The van der Waals surface area contributed by atoms with Crippen molar-refractivity contribution in [1.82, 2.24) is 0 Å². The molecule has 0 fully saturated rings. The van der Waals surface area contributed by atoms with Crippen LogP contribution in [0.2, 0.25) is 0 Å². The van der Waals surface area contributed by atoms with Gasteiger partial charge in [0.1, 0.15) is 18.1 Å². The Kier molecular flexibility index (Phi) is 3.51. The lowest BCUT2D eigenvalue weighted by molar-refractivity contribution is -0.118. The summed E-state index contributed by atoms with van der Waals surface area (Å²) >= 11 is 0. The molecule has 5 nitrogen and oxygen atoms in total. The highest BCUT2D eigenvalue weighted by Crippen LogP contribution is 2.23. The molecular formula is C10H15N3O2. The summed E-state index contributed by atoms with van der Waals surface area (Å²) in [5.41, 5.74) is 17.7. The maximum absolute atomic E-state index is 10.9. The van der Waals surface area contributed by atoms with E-state index in [1.54, 1.807) is 18.2 Å². The third-order valence-electron chi connectivity index (χ3n) is 1.98. The number of ketones is 1. The molecule has 1 aromatic rings. The molecule has 1 atom stereocenters. The van der Waals surface area contributed by atoms with E-state index >= 15 is 0 Å². The van der Waals surface area contributed by atoms with Gasteiger partial charge in [-0.3, -0.25) is 4.79 Å². The van der Waals surface area contributed by atoms with Gasteiger partial charge in [0.15, 0.2) is 0 Å². The largest absolute Gasteiger partial charge is 0.489 e. The average Bonchev–Trinajstić information content (AvgIpc) is 2.18. The van der Waals surface area contributed by atoms with Crippen molar-refractivity contribution in [1.29, 1.82) is 0 Å².